The molecule has 21 heavy (non-hydrogen) atoms. The zero-order chi connectivity index (χ0) is 15.3. The second-order valence-corrected chi connectivity index (χ2v) is 5.28. The van der Waals surface area contributed by atoms with Crippen LogP contribution in [0.2, 0.25) is 0 Å². The Hall–Kier alpha value is -1.72. The van der Waals surface area contributed by atoms with E-state index < -0.39 is 24.9 Å². The monoisotopic (exact) mass is 300 g/mol. The van der Waals surface area contributed by atoms with E-state index in [2.05, 4.69) is 10.2 Å². The van der Waals surface area contributed by atoms with Crippen LogP contribution in [-0.4, -0.2) is 31.2 Å². The van der Waals surface area contributed by atoms with Crippen molar-refractivity contribution in [2.45, 2.75) is 37.9 Å². The molecule has 0 saturated carbocycles. The first kappa shape index (κ1) is 15.7. The number of anilines is 1. The number of nitrogens with one attached hydrogen (secondary N) is 1. The summed E-state index contributed by atoms with van der Waals surface area (Å²) in [5, 5.41) is 2.70. The fourth-order valence-electron chi connectivity index (χ4n) is 2.48. The standard InChI is InChI=1S/C15H19F3N2O/c16-15(17,18)9-6-14(21)19-12-7-10-20(11-8-12)13-4-2-1-3-5-13/h1-5,12H,6-11H2,(H,19,21). The Morgan fingerprint density at radius 2 is 1.81 bits per heavy atom. The number of piperidine rings is 1. The second-order valence-electron chi connectivity index (χ2n) is 5.28. The first-order valence-corrected chi connectivity index (χ1v) is 7.10. The van der Waals surface area contributed by atoms with Crippen LogP contribution in [0.15, 0.2) is 30.3 Å². The fourth-order valence-corrected chi connectivity index (χ4v) is 2.48. The number of halogens is 3. The molecule has 1 saturated heterocycles. The van der Waals surface area contributed by atoms with Crippen molar-refractivity contribution in [2.75, 3.05) is 18.0 Å². The number of hydrogen-bond acceptors (Lipinski definition) is 2. The highest BCUT2D eigenvalue weighted by atomic mass is 19.4. The summed E-state index contributed by atoms with van der Waals surface area (Å²) in [6.07, 6.45) is -4.29. The maximum atomic E-state index is 12.0. The van der Waals surface area contributed by atoms with Crippen molar-refractivity contribution in [3.05, 3.63) is 30.3 Å². The van der Waals surface area contributed by atoms with Gasteiger partial charge in [-0.1, -0.05) is 18.2 Å². The first-order chi connectivity index (χ1) is 9.94. The molecule has 0 spiro atoms. The summed E-state index contributed by atoms with van der Waals surface area (Å²) in [4.78, 5) is 13.7. The molecule has 1 fully saturated rings. The Morgan fingerprint density at radius 1 is 1.19 bits per heavy atom. The number of nitrogens with zero attached hydrogens (tertiary/aromatic N) is 1. The Bertz CT molecular complexity index is 454. The van der Waals surface area contributed by atoms with Gasteiger partial charge in [0.1, 0.15) is 0 Å². The van der Waals surface area contributed by atoms with Gasteiger partial charge in [0.25, 0.3) is 0 Å². The van der Waals surface area contributed by atoms with Crippen LogP contribution < -0.4 is 10.2 Å². The molecule has 1 aliphatic rings. The van der Waals surface area contributed by atoms with Crippen molar-refractivity contribution in [2.24, 2.45) is 0 Å². The molecule has 1 heterocycles. The summed E-state index contributed by atoms with van der Waals surface area (Å²) in [5.41, 5.74) is 1.14. The van der Waals surface area contributed by atoms with Gasteiger partial charge < -0.3 is 10.2 Å². The van der Waals surface area contributed by atoms with E-state index in [9.17, 15) is 18.0 Å². The van der Waals surface area contributed by atoms with Gasteiger partial charge in [-0.05, 0) is 25.0 Å². The van der Waals surface area contributed by atoms with Gasteiger partial charge in [-0.15, -0.1) is 0 Å². The van der Waals surface area contributed by atoms with Gasteiger partial charge in [-0.2, -0.15) is 13.2 Å². The molecule has 1 aromatic rings. The van der Waals surface area contributed by atoms with Gasteiger partial charge in [-0.3, -0.25) is 4.79 Å². The first-order valence-electron chi connectivity index (χ1n) is 7.10. The Morgan fingerprint density at radius 3 is 2.38 bits per heavy atom. The molecule has 0 bridgehead atoms. The van der Waals surface area contributed by atoms with Crippen molar-refractivity contribution in [3.63, 3.8) is 0 Å². The van der Waals surface area contributed by atoms with Crippen LogP contribution in [0.25, 0.3) is 0 Å². The topological polar surface area (TPSA) is 32.3 Å². The number of para-hydroxylation sites is 1. The van der Waals surface area contributed by atoms with E-state index in [4.69, 9.17) is 0 Å². The van der Waals surface area contributed by atoms with Crippen molar-refractivity contribution >= 4 is 11.6 Å². The van der Waals surface area contributed by atoms with E-state index in [-0.39, 0.29) is 6.04 Å². The molecule has 2 rings (SSSR count). The van der Waals surface area contributed by atoms with E-state index in [0.717, 1.165) is 31.6 Å². The smallest absolute Gasteiger partial charge is 0.371 e. The number of rotatable bonds is 4. The van der Waals surface area contributed by atoms with Crippen molar-refractivity contribution in [1.82, 2.24) is 5.32 Å². The lowest BCUT2D eigenvalue weighted by atomic mass is 10.0. The van der Waals surface area contributed by atoms with Crippen molar-refractivity contribution < 1.29 is 18.0 Å². The molecule has 0 atom stereocenters. The number of carbonyl (C=O) groups excluding carboxylic acids is 1. The van der Waals surface area contributed by atoms with Crippen molar-refractivity contribution in [1.29, 1.82) is 0 Å². The number of carbonyl (C=O) groups is 1. The lowest BCUT2D eigenvalue weighted by molar-refractivity contribution is -0.144. The molecule has 1 amide bonds. The molecular formula is C15H19F3N2O. The second kappa shape index (κ2) is 6.83. The lowest BCUT2D eigenvalue weighted by Gasteiger charge is -2.34. The van der Waals surface area contributed by atoms with Crippen LogP contribution in [0.5, 0.6) is 0 Å². The normalized spacial score (nSPS) is 16.8. The van der Waals surface area contributed by atoms with Crippen LogP contribution in [-0.2, 0) is 4.79 Å². The van der Waals surface area contributed by atoms with Gasteiger partial charge in [0.15, 0.2) is 0 Å². The third-order valence-corrected chi connectivity index (χ3v) is 3.62. The highest BCUT2D eigenvalue weighted by Gasteiger charge is 2.28. The maximum absolute atomic E-state index is 12.0. The van der Waals surface area contributed by atoms with Gasteiger partial charge >= 0.3 is 6.18 Å². The molecule has 1 aromatic carbocycles. The Balaban J connectivity index is 1.73. The van der Waals surface area contributed by atoms with E-state index in [0.29, 0.717) is 0 Å². The molecule has 1 N–H and O–H groups in total. The largest absolute Gasteiger partial charge is 0.389 e. The predicted molar refractivity (Wildman–Crippen MR) is 75.1 cm³/mol. The minimum Gasteiger partial charge on any atom is -0.371 e. The predicted octanol–water partition coefficient (Wildman–Crippen LogP) is 3.11. The van der Waals surface area contributed by atoms with E-state index >= 15 is 0 Å². The molecule has 0 radical (unpaired) electrons. The lowest BCUT2D eigenvalue weighted by Crippen LogP contribution is -2.44. The van der Waals surface area contributed by atoms with E-state index in [1.54, 1.807) is 0 Å². The average Bonchev–Trinajstić information content (AvgIpc) is 2.46. The molecule has 0 aromatic heterocycles. The van der Waals surface area contributed by atoms with Crippen LogP contribution in [0.4, 0.5) is 18.9 Å². The Kier molecular flexibility index (Phi) is 5.09. The molecule has 3 nitrogen and oxygen atoms in total. The van der Waals surface area contributed by atoms with Gasteiger partial charge in [0, 0.05) is 31.2 Å². The highest BCUT2D eigenvalue weighted by molar-refractivity contribution is 5.76. The summed E-state index contributed by atoms with van der Waals surface area (Å²) >= 11 is 0. The molecule has 116 valence electrons. The zero-order valence-corrected chi connectivity index (χ0v) is 11.7. The molecule has 6 heteroatoms. The quantitative estimate of drug-likeness (QED) is 0.926. The number of amides is 1. The summed E-state index contributed by atoms with van der Waals surface area (Å²) in [7, 11) is 0. The molecule has 0 aliphatic carbocycles. The highest BCUT2D eigenvalue weighted by Crippen LogP contribution is 2.22. The van der Waals surface area contributed by atoms with E-state index in [1.165, 1.54) is 0 Å². The number of alkyl halides is 3. The van der Waals surface area contributed by atoms with Crippen LogP contribution in [0.3, 0.4) is 0 Å². The van der Waals surface area contributed by atoms with Crippen LogP contribution >= 0.6 is 0 Å². The summed E-state index contributed by atoms with van der Waals surface area (Å²) in [5.74, 6) is -0.509. The SMILES string of the molecule is O=C(CCC(F)(F)F)NC1CCN(c2ccccc2)CC1. The van der Waals surface area contributed by atoms with Crippen molar-refractivity contribution in [3.8, 4) is 0 Å². The summed E-state index contributed by atoms with van der Waals surface area (Å²) < 4.78 is 36.1. The van der Waals surface area contributed by atoms with Gasteiger partial charge in [0.2, 0.25) is 5.91 Å². The van der Waals surface area contributed by atoms with Gasteiger partial charge in [-0.25, -0.2) is 0 Å². The average molecular weight is 300 g/mol. The summed E-state index contributed by atoms with van der Waals surface area (Å²) in [6.45, 7) is 1.60. The van der Waals surface area contributed by atoms with Crippen LogP contribution in [0, 0.1) is 0 Å². The molecule has 0 unspecified atom stereocenters. The summed E-state index contributed by atoms with van der Waals surface area (Å²) in [6, 6.07) is 9.94. The minimum atomic E-state index is -4.27. The van der Waals surface area contributed by atoms with Crippen LogP contribution in [0.1, 0.15) is 25.7 Å². The van der Waals surface area contributed by atoms with E-state index in [1.807, 2.05) is 30.3 Å². The maximum Gasteiger partial charge on any atom is 0.389 e. The Labute approximate surface area is 122 Å². The number of hydrogen-bond donors (Lipinski definition) is 1. The third kappa shape index (κ3) is 5.28. The molecule has 1 aliphatic heterocycles. The zero-order valence-electron chi connectivity index (χ0n) is 11.7. The molecular weight excluding hydrogens is 281 g/mol. The third-order valence-electron chi connectivity index (χ3n) is 3.62. The fraction of sp³-hybridized carbons (Fsp3) is 0.533. The number of benzene rings is 1. The minimum absolute atomic E-state index is 0.0225. The van der Waals surface area contributed by atoms with Gasteiger partial charge in [0.05, 0.1) is 6.42 Å².